The van der Waals surface area contributed by atoms with Gasteiger partial charge < -0.3 is 10.4 Å². The van der Waals surface area contributed by atoms with Crippen molar-refractivity contribution in [2.24, 2.45) is 0 Å². The van der Waals surface area contributed by atoms with Crippen LogP contribution < -0.4 is 5.32 Å². The lowest BCUT2D eigenvalue weighted by Gasteiger charge is -2.33. The van der Waals surface area contributed by atoms with E-state index in [0.717, 1.165) is 6.54 Å². The molecule has 4 heteroatoms. The highest BCUT2D eigenvalue weighted by atomic mass is 32.2. The lowest BCUT2D eigenvalue weighted by molar-refractivity contribution is 0.0172. The second kappa shape index (κ2) is 6.24. The third kappa shape index (κ3) is 5.04. The third-order valence-electron chi connectivity index (χ3n) is 3.01. The molecule has 0 bridgehead atoms. The predicted octanol–water partition coefficient (Wildman–Crippen LogP) is 1.17. The molecule has 1 aliphatic rings. The summed E-state index contributed by atoms with van der Waals surface area (Å²) in [6, 6.07) is 1.08. The van der Waals surface area contributed by atoms with E-state index in [1.165, 1.54) is 17.9 Å². The molecule has 1 heterocycles. The Labute approximate surface area is 104 Å². The summed E-state index contributed by atoms with van der Waals surface area (Å²) in [7, 11) is 2.13. The van der Waals surface area contributed by atoms with Crippen LogP contribution in [0.4, 0.5) is 0 Å². The minimum atomic E-state index is -0.633. The number of nitrogens with one attached hydrogen (secondary N) is 1. The van der Waals surface area contributed by atoms with Gasteiger partial charge in [0.15, 0.2) is 0 Å². The highest BCUT2D eigenvalue weighted by Crippen LogP contribution is 2.22. The molecule has 16 heavy (non-hydrogen) atoms. The van der Waals surface area contributed by atoms with E-state index < -0.39 is 5.60 Å². The van der Waals surface area contributed by atoms with Crippen molar-refractivity contribution in [3.05, 3.63) is 0 Å². The van der Waals surface area contributed by atoms with Gasteiger partial charge in [0, 0.05) is 30.9 Å². The Kier molecular flexibility index (Phi) is 5.57. The van der Waals surface area contributed by atoms with Crippen LogP contribution in [0.5, 0.6) is 0 Å². The van der Waals surface area contributed by atoms with Gasteiger partial charge in [-0.1, -0.05) is 13.8 Å². The Bertz CT molecular complexity index is 203. The van der Waals surface area contributed by atoms with Crippen molar-refractivity contribution in [3.63, 3.8) is 0 Å². The smallest absolute Gasteiger partial charge is 0.0869 e. The maximum Gasteiger partial charge on any atom is 0.0869 e. The quantitative estimate of drug-likeness (QED) is 0.737. The molecule has 0 amide bonds. The molecule has 0 aromatic rings. The monoisotopic (exact) mass is 246 g/mol. The van der Waals surface area contributed by atoms with Gasteiger partial charge in [0.2, 0.25) is 0 Å². The van der Waals surface area contributed by atoms with Gasteiger partial charge in [-0.05, 0) is 26.1 Å². The number of aliphatic hydroxyl groups is 1. The number of hydrogen-bond donors (Lipinski definition) is 2. The number of hydrogen-bond acceptors (Lipinski definition) is 4. The summed E-state index contributed by atoms with van der Waals surface area (Å²) in [4.78, 5) is 2.31. The molecule has 2 unspecified atom stereocenters. The number of thioether (sulfide) groups is 1. The molecule has 1 aliphatic heterocycles. The number of rotatable bonds is 6. The van der Waals surface area contributed by atoms with Gasteiger partial charge >= 0.3 is 0 Å². The van der Waals surface area contributed by atoms with Crippen LogP contribution in [0.25, 0.3) is 0 Å². The predicted molar refractivity (Wildman–Crippen MR) is 72.1 cm³/mol. The molecular formula is C12H26N2OS. The SMILES string of the molecule is CC(C)NCC(C)(O)CN(C)C1CCSC1. The zero-order valence-corrected chi connectivity index (χ0v) is 11.8. The van der Waals surface area contributed by atoms with Crippen LogP contribution in [0.1, 0.15) is 27.2 Å². The fourth-order valence-corrected chi connectivity index (χ4v) is 3.31. The first kappa shape index (κ1) is 14.3. The summed E-state index contributed by atoms with van der Waals surface area (Å²) in [5, 5.41) is 13.6. The molecular weight excluding hydrogens is 220 g/mol. The first-order valence-corrected chi connectivity index (χ1v) is 7.30. The Hall–Kier alpha value is 0.230. The zero-order chi connectivity index (χ0) is 12.2. The van der Waals surface area contributed by atoms with E-state index in [2.05, 4.69) is 31.1 Å². The summed E-state index contributed by atoms with van der Waals surface area (Å²) >= 11 is 2.02. The largest absolute Gasteiger partial charge is 0.388 e. The van der Waals surface area contributed by atoms with Crippen molar-refractivity contribution in [1.29, 1.82) is 0 Å². The molecule has 1 saturated heterocycles. The van der Waals surface area contributed by atoms with Gasteiger partial charge in [0.25, 0.3) is 0 Å². The first-order valence-electron chi connectivity index (χ1n) is 6.14. The molecule has 0 aliphatic carbocycles. The normalized spacial score (nSPS) is 25.3. The minimum absolute atomic E-state index is 0.429. The fourth-order valence-electron chi connectivity index (χ4n) is 2.02. The van der Waals surface area contributed by atoms with Crippen LogP contribution in [0.2, 0.25) is 0 Å². The second-order valence-corrected chi connectivity index (χ2v) is 6.61. The maximum atomic E-state index is 10.3. The summed E-state index contributed by atoms with van der Waals surface area (Å²) in [6.45, 7) is 7.54. The van der Waals surface area contributed by atoms with E-state index in [1.807, 2.05) is 18.7 Å². The zero-order valence-electron chi connectivity index (χ0n) is 11.0. The first-order chi connectivity index (χ1) is 7.41. The van der Waals surface area contributed by atoms with E-state index in [9.17, 15) is 5.11 Å². The van der Waals surface area contributed by atoms with Crippen molar-refractivity contribution >= 4 is 11.8 Å². The molecule has 0 aromatic heterocycles. The molecule has 0 aromatic carbocycles. The van der Waals surface area contributed by atoms with Gasteiger partial charge in [0.1, 0.15) is 0 Å². The van der Waals surface area contributed by atoms with Gasteiger partial charge in [-0.2, -0.15) is 11.8 Å². The summed E-state index contributed by atoms with van der Waals surface area (Å²) in [5.74, 6) is 2.48. The molecule has 3 nitrogen and oxygen atoms in total. The highest BCUT2D eigenvalue weighted by Gasteiger charge is 2.27. The van der Waals surface area contributed by atoms with Crippen LogP contribution in [0.15, 0.2) is 0 Å². The van der Waals surface area contributed by atoms with Crippen LogP contribution in [0.3, 0.4) is 0 Å². The molecule has 2 N–H and O–H groups in total. The lowest BCUT2D eigenvalue weighted by atomic mass is 10.0. The molecule has 1 fully saturated rings. The van der Waals surface area contributed by atoms with E-state index in [0.29, 0.717) is 18.6 Å². The van der Waals surface area contributed by atoms with Gasteiger partial charge in [-0.15, -0.1) is 0 Å². The lowest BCUT2D eigenvalue weighted by Crippen LogP contribution is -2.50. The van der Waals surface area contributed by atoms with E-state index in [4.69, 9.17) is 0 Å². The number of nitrogens with zero attached hydrogens (tertiary/aromatic N) is 1. The summed E-state index contributed by atoms with van der Waals surface area (Å²) in [6.07, 6.45) is 1.26. The van der Waals surface area contributed by atoms with Crippen LogP contribution >= 0.6 is 11.8 Å². The average Bonchev–Trinajstić information content (AvgIpc) is 2.67. The van der Waals surface area contributed by atoms with Crippen LogP contribution in [-0.2, 0) is 0 Å². The minimum Gasteiger partial charge on any atom is -0.388 e. The molecule has 1 rings (SSSR count). The van der Waals surface area contributed by atoms with Crippen molar-refractivity contribution in [1.82, 2.24) is 10.2 Å². The fraction of sp³-hybridized carbons (Fsp3) is 1.00. The van der Waals surface area contributed by atoms with E-state index >= 15 is 0 Å². The topological polar surface area (TPSA) is 35.5 Å². The molecule has 0 saturated carbocycles. The standard InChI is InChI=1S/C12H26N2OS/c1-10(2)13-8-12(3,15)9-14(4)11-5-6-16-7-11/h10-11,13,15H,5-9H2,1-4H3. The van der Waals surface area contributed by atoms with Crippen LogP contribution in [0, 0.1) is 0 Å². The molecule has 2 atom stereocenters. The summed E-state index contributed by atoms with van der Waals surface area (Å²) < 4.78 is 0. The number of likely N-dealkylation sites (N-methyl/N-ethyl adjacent to an activating group) is 1. The highest BCUT2D eigenvalue weighted by molar-refractivity contribution is 7.99. The van der Waals surface area contributed by atoms with Crippen molar-refractivity contribution < 1.29 is 5.11 Å². The third-order valence-corrected chi connectivity index (χ3v) is 4.16. The Morgan fingerprint density at radius 2 is 2.25 bits per heavy atom. The summed E-state index contributed by atoms with van der Waals surface area (Å²) in [5.41, 5.74) is -0.633. The van der Waals surface area contributed by atoms with E-state index in [1.54, 1.807) is 0 Å². The molecule has 0 spiro atoms. The van der Waals surface area contributed by atoms with Gasteiger partial charge in [-0.3, -0.25) is 4.90 Å². The Morgan fingerprint density at radius 1 is 1.56 bits per heavy atom. The van der Waals surface area contributed by atoms with Crippen molar-refractivity contribution in [3.8, 4) is 0 Å². The second-order valence-electron chi connectivity index (χ2n) is 5.47. The van der Waals surface area contributed by atoms with Crippen LogP contribution in [-0.4, -0.2) is 59.3 Å². The van der Waals surface area contributed by atoms with Crippen molar-refractivity contribution in [2.75, 3.05) is 31.6 Å². The molecule has 96 valence electrons. The maximum absolute atomic E-state index is 10.3. The Balaban J connectivity index is 2.32. The van der Waals surface area contributed by atoms with Gasteiger partial charge in [-0.25, -0.2) is 0 Å². The van der Waals surface area contributed by atoms with Gasteiger partial charge in [0.05, 0.1) is 5.60 Å². The molecule has 0 radical (unpaired) electrons. The Morgan fingerprint density at radius 3 is 2.75 bits per heavy atom. The average molecular weight is 246 g/mol. The van der Waals surface area contributed by atoms with E-state index in [-0.39, 0.29) is 0 Å². The van der Waals surface area contributed by atoms with Crippen molar-refractivity contribution in [2.45, 2.75) is 44.9 Å².